The van der Waals surface area contributed by atoms with Gasteiger partial charge >= 0.3 is 0 Å². The van der Waals surface area contributed by atoms with Crippen molar-refractivity contribution in [2.75, 3.05) is 6.61 Å². The summed E-state index contributed by atoms with van der Waals surface area (Å²) >= 11 is 0. The Morgan fingerprint density at radius 1 is 1.39 bits per heavy atom. The fourth-order valence-electron chi connectivity index (χ4n) is 4.52. The molecule has 0 aromatic carbocycles. The first kappa shape index (κ1) is 14.6. The number of aryl methyl sites for hydroxylation is 2. The van der Waals surface area contributed by atoms with Crippen LogP contribution in [0.2, 0.25) is 0 Å². The average molecular weight is 315 g/mol. The summed E-state index contributed by atoms with van der Waals surface area (Å²) in [5, 5.41) is 17.5. The van der Waals surface area contributed by atoms with Crippen LogP contribution in [0.5, 0.6) is 0 Å². The van der Waals surface area contributed by atoms with Gasteiger partial charge < -0.3 is 14.9 Å². The van der Waals surface area contributed by atoms with E-state index < -0.39 is 0 Å². The second-order valence-corrected chi connectivity index (χ2v) is 6.94. The van der Waals surface area contributed by atoms with Crippen LogP contribution in [0, 0.1) is 31.6 Å². The second-order valence-electron chi connectivity index (χ2n) is 6.94. The zero-order valence-corrected chi connectivity index (χ0v) is 13.4. The van der Waals surface area contributed by atoms with Crippen LogP contribution in [0.3, 0.4) is 0 Å². The molecule has 2 aliphatic carbocycles. The molecule has 0 saturated heterocycles. The second kappa shape index (κ2) is 5.30. The number of carbonyl (C=O) groups is 1. The molecular formula is C17H21N3O3. The topological polar surface area (TPSA) is 88.2 Å². The Morgan fingerprint density at radius 3 is 2.96 bits per heavy atom. The molecule has 4 atom stereocenters. The lowest BCUT2D eigenvalue weighted by molar-refractivity contribution is 0.0863. The molecule has 23 heavy (non-hydrogen) atoms. The highest BCUT2D eigenvalue weighted by molar-refractivity contribution is 6.06. The van der Waals surface area contributed by atoms with E-state index in [2.05, 4.69) is 15.5 Å². The summed E-state index contributed by atoms with van der Waals surface area (Å²) in [6.45, 7) is 3.79. The Bertz CT molecular complexity index is 770. The number of hydrogen-bond acceptors (Lipinski definition) is 5. The minimum absolute atomic E-state index is 0.0648. The van der Waals surface area contributed by atoms with Gasteiger partial charge in [-0.15, -0.1) is 0 Å². The Morgan fingerprint density at radius 2 is 2.17 bits per heavy atom. The lowest BCUT2D eigenvalue weighted by Crippen LogP contribution is -2.45. The van der Waals surface area contributed by atoms with Crippen molar-refractivity contribution >= 4 is 17.0 Å². The minimum atomic E-state index is -0.122. The van der Waals surface area contributed by atoms with Crippen LogP contribution >= 0.6 is 0 Å². The predicted molar refractivity (Wildman–Crippen MR) is 83.9 cm³/mol. The van der Waals surface area contributed by atoms with Crippen LogP contribution in [0.4, 0.5) is 0 Å². The quantitative estimate of drug-likeness (QED) is 0.904. The molecule has 2 aromatic rings. The van der Waals surface area contributed by atoms with Gasteiger partial charge in [0.1, 0.15) is 0 Å². The van der Waals surface area contributed by atoms with Crippen LogP contribution in [0.1, 0.15) is 41.0 Å². The third-order valence-corrected chi connectivity index (χ3v) is 5.59. The highest BCUT2D eigenvalue weighted by atomic mass is 16.5. The van der Waals surface area contributed by atoms with Crippen molar-refractivity contribution in [3.63, 3.8) is 0 Å². The molecule has 2 saturated carbocycles. The Kier molecular flexibility index (Phi) is 3.37. The molecule has 2 N–H and O–H groups in total. The van der Waals surface area contributed by atoms with Gasteiger partial charge in [-0.3, -0.25) is 4.79 Å². The maximum Gasteiger partial charge on any atom is 0.258 e. The van der Waals surface area contributed by atoms with Crippen LogP contribution in [0.15, 0.2) is 10.6 Å². The van der Waals surface area contributed by atoms with Crippen molar-refractivity contribution < 1.29 is 14.4 Å². The highest BCUT2D eigenvalue weighted by Crippen LogP contribution is 2.48. The summed E-state index contributed by atoms with van der Waals surface area (Å²) in [6, 6.07) is 1.85. The highest BCUT2D eigenvalue weighted by Gasteiger charge is 2.47. The van der Waals surface area contributed by atoms with E-state index in [1.807, 2.05) is 13.8 Å². The number of aliphatic hydroxyl groups is 1. The molecule has 2 aromatic heterocycles. The van der Waals surface area contributed by atoms with E-state index in [0.29, 0.717) is 34.2 Å². The van der Waals surface area contributed by atoms with Gasteiger partial charge in [0, 0.05) is 24.3 Å². The van der Waals surface area contributed by atoms with Gasteiger partial charge in [-0.25, -0.2) is 4.98 Å². The van der Waals surface area contributed by atoms with E-state index in [1.54, 1.807) is 6.07 Å². The molecule has 2 bridgehead atoms. The first-order valence-corrected chi connectivity index (χ1v) is 8.24. The van der Waals surface area contributed by atoms with E-state index in [0.717, 1.165) is 18.5 Å². The smallest absolute Gasteiger partial charge is 0.258 e. The molecule has 122 valence electrons. The van der Waals surface area contributed by atoms with Crippen molar-refractivity contribution in [2.24, 2.45) is 17.8 Å². The number of aliphatic hydroxyl groups excluding tert-OH is 1. The van der Waals surface area contributed by atoms with Gasteiger partial charge in [0.25, 0.3) is 11.6 Å². The molecule has 0 aliphatic heterocycles. The van der Waals surface area contributed by atoms with Crippen molar-refractivity contribution in [1.29, 1.82) is 0 Å². The summed E-state index contributed by atoms with van der Waals surface area (Å²) in [4.78, 5) is 17.2. The lowest BCUT2D eigenvalue weighted by Gasteiger charge is -2.30. The van der Waals surface area contributed by atoms with Crippen LogP contribution in [0.25, 0.3) is 11.1 Å². The van der Waals surface area contributed by atoms with E-state index in [-0.39, 0.29) is 24.5 Å². The van der Waals surface area contributed by atoms with Gasteiger partial charge in [-0.1, -0.05) is 5.16 Å². The SMILES string of the molecule is Cc1cc(C(=O)NC2C3CCC(C3)C2CO)c2c(C)noc2n1. The first-order valence-electron chi connectivity index (χ1n) is 8.24. The van der Waals surface area contributed by atoms with Crippen molar-refractivity contribution in [3.05, 3.63) is 23.0 Å². The molecule has 6 nitrogen and oxygen atoms in total. The van der Waals surface area contributed by atoms with Crippen LogP contribution in [-0.2, 0) is 0 Å². The predicted octanol–water partition coefficient (Wildman–Crippen LogP) is 1.98. The molecule has 2 heterocycles. The standard InChI is InChI=1S/C17H21N3O3/c1-8-5-12(14-9(2)20-23-17(14)18-8)16(22)19-15-11-4-3-10(6-11)13(15)7-21/h5,10-11,13,15,21H,3-4,6-7H2,1-2H3,(H,19,22). The summed E-state index contributed by atoms with van der Waals surface area (Å²) in [7, 11) is 0. The van der Waals surface area contributed by atoms with E-state index in [9.17, 15) is 9.90 Å². The third-order valence-electron chi connectivity index (χ3n) is 5.59. The number of pyridine rings is 1. The van der Waals surface area contributed by atoms with E-state index >= 15 is 0 Å². The zero-order chi connectivity index (χ0) is 16.1. The van der Waals surface area contributed by atoms with Gasteiger partial charge in [-0.2, -0.15) is 0 Å². The number of aromatic nitrogens is 2. The summed E-state index contributed by atoms with van der Waals surface area (Å²) in [5.74, 6) is 1.09. The molecule has 0 spiro atoms. The number of nitrogens with one attached hydrogen (secondary N) is 1. The maximum atomic E-state index is 12.9. The maximum absolute atomic E-state index is 12.9. The number of carbonyl (C=O) groups excluding carboxylic acids is 1. The van der Waals surface area contributed by atoms with Crippen molar-refractivity contribution in [3.8, 4) is 0 Å². The Labute approximate surface area is 134 Å². The van der Waals surface area contributed by atoms with Gasteiger partial charge in [0.15, 0.2) is 0 Å². The lowest BCUT2D eigenvalue weighted by atomic mass is 9.85. The van der Waals surface area contributed by atoms with Crippen LogP contribution < -0.4 is 5.32 Å². The molecule has 1 amide bonds. The van der Waals surface area contributed by atoms with E-state index in [4.69, 9.17) is 4.52 Å². The molecule has 2 fully saturated rings. The van der Waals surface area contributed by atoms with Gasteiger partial charge in [0.05, 0.1) is 16.6 Å². The Hall–Kier alpha value is -1.95. The fraction of sp³-hybridized carbons (Fsp3) is 0.588. The molecule has 6 heteroatoms. The van der Waals surface area contributed by atoms with E-state index in [1.165, 1.54) is 6.42 Å². The summed E-state index contributed by atoms with van der Waals surface area (Å²) in [6.07, 6.45) is 3.43. The number of fused-ring (bicyclic) bond motifs is 3. The first-order chi connectivity index (χ1) is 11.1. The number of rotatable bonds is 3. The van der Waals surface area contributed by atoms with Gasteiger partial charge in [0.2, 0.25) is 0 Å². The number of amides is 1. The molecule has 2 aliphatic rings. The monoisotopic (exact) mass is 315 g/mol. The van der Waals surface area contributed by atoms with Gasteiger partial charge in [-0.05, 0) is 51.0 Å². The fourth-order valence-corrected chi connectivity index (χ4v) is 4.52. The zero-order valence-electron chi connectivity index (χ0n) is 13.4. The molecule has 4 unspecified atom stereocenters. The summed E-state index contributed by atoms with van der Waals surface area (Å²) < 4.78 is 5.20. The normalized spacial score (nSPS) is 29.3. The number of hydrogen-bond donors (Lipinski definition) is 2. The number of nitrogens with zero attached hydrogens (tertiary/aromatic N) is 2. The average Bonchev–Trinajstić information content (AvgIpc) is 3.21. The minimum Gasteiger partial charge on any atom is -0.396 e. The molecule has 4 rings (SSSR count). The largest absolute Gasteiger partial charge is 0.396 e. The van der Waals surface area contributed by atoms with Crippen LogP contribution in [-0.4, -0.2) is 33.8 Å². The Balaban J connectivity index is 1.66. The van der Waals surface area contributed by atoms with Crippen molar-refractivity contribution in [2.45, 2.75) is 39.2 Å². The molecule has 0 radical (unpaired) electrons. The van der Waals surface area contributed by atoms with Crippen molar-refractivity contribution in [1.82, 2.24) is 15.5 Å². The third kappa shape index (κ3) is 2.24. The summed E-state index contributed by atoms with van der Waals surface area (Å²) in [5.41, 5.74) is 2.36. The molecular weight excluding hydrogens is 294 g/mol.